The van der Waals surface area contributed by atoms with Gasteiger partial charge in [-0.25, -0.2) is 8.78 Å². The van der Waals surface area contributed by atoms with Crippen LogP contribution in [0.3, 0.4) is 0 Å². The Morgan fingerprint density at radius 3 is 2.64 bits per heavy atom. The van der Waals surface area contributed by atoms with Crippen molar-refractivity contribution >= 4 is 41.5 Å². The molecule has 2 aromatic rings. The van der Waals surface area contributed by atoms with Gasteiger partial charge >= 0.3 is 0 Å². The predicted molar refractivity (Wildman–Crippen MR) is 109 cm³/mol. The summed E-state index contributed by atoms with van der Waals surface area (Å²) in [6.07, 6.45) is 2.21. The largest absolute Gasteiger partial charge is 0.356 e. The zero-order chi connectivity index (χ0) is 17.7. The highest BCUT2D eigenvalue weighted by molar-refractivity contribution is 14.0. The van der Waals surface area contributed by atoms with Crippen LogP contribution in [-0.4, -0.2) is 36.1 Å². The first-order valence-electron chi connectivity index (χ1n) is 7.57. The molecule has 0 spiro atoms. The van der Waals surface area contributed by atoms with Gasteiger partial charge in [-0.15, -0.1) is 24.0 Å². The van der Waals surface area contributed by atoms with Crippen LogP contribution in [0.1, 0.15) is 11.3 Å². The quantitative estimate of drug-likeness (QED) is 0.399. The van der Waals surface area contributed by atoms with E-state index in [1.54, 1.807) is 7.05 Å². The molecule has 0 unspecified atom stereocenters. The van der Waals surface area contributed by atoms with Crippen LogP contribution < -0.4 is 5.32 Å². The number of nitrogens with one attached hydrogen (secondary N) is 1. The van der Waals surface area contributed by atoms with Crippen molar-refractivity contribution in [3.63, 3.8) is 0 Å². The van der Waals surface area contributed by atoms with Gasteiger partial charge in [-0.1, -0.05) is 11.6 Å². The second-order valence-electron chi connectivity index (χ2n) is 5.58. The number of halogens is 4. The van der Waals surface area contributed by atoms with Gasteiger partial charge in [0.25, 0.3) is 0 Å². The summed E-state index contributed by atoms with van der Waals surface area (Å²) in [7, 11) is 5.51. The first kappa shape index (κ1) is 21.7. The molecule has 0 aliphatic rings. The van der Waals surface area contributed by atoms with Crippen LogP contribution >= 0.6 is 35.6 Å². The maximum absolute atomic E-state index is 13.6. The van der Waals surface area contributed by atoms with E-state index in [0.717, 1.165) is 17.8 Å². The molecular weight excluding hydrogens is 461 g/mol. The predicted octanol–water partition coefficient (Wildman–Crippen LogP) is 3.82. The molecule has 0 aliphatic heterocycles. The van der Waals surface area contributed by atoms with Gasteiger partial charge in [0.2, 0.25) is 0 Å². The highest BCUT2D eigenvalue weighted by Gasteiger charge is 2.10. The van der Waals surface area contributed by atoms with Crippen LogP contribution in [0.2, 0.25) is 5.02 Å². The third-order valence-electron chi connectivity index (χ3n) is 3.73. The average molecular weight is 483 g/mol. The Bertz CT molecular complexity index is 733. The monoisotopic (exact) mass is 482 g/mol. The van der Waals surface area contributed by atoms with Crippen LogP contribution in [0.15, 0.2) is 35.5 Å². The van der Waals surface area contributed by atoms with Crippen molar-refractivity contribution in [2.45, 2.75) is 13.0 Å². The summed E-state index contributed by atoms with van der Waals surface area (Å²) in [4.78, 5) is 6.15. The molecule has 0 saturated heterocycles. The van der Waals surface area contributed by atoms with Gasteiger partial charge in [0.15, 0.2) is 5.96 Å². The summed E-state index contributed by atoms with van der Waals surface area (Å²) >= 11 is 5.99. The third-order valence-corrected chi connectivity index (χ3v) is 3.94. The van der Waals surface area contributed by atoms with E-state index >= 15 is 0 Å². The molecule has 0 radical (unpaired) electrons. The van der Waals surface area contributed by atoms with Crippen LogP contribution in [0, 0.1) is 11.6 Å². The van der Waals surface area contributed by atoms with Crippen LogP contribution in [0.5, 0.6) is 0 Å². The van der Waals surface area contributed by atoms with Crippen LogP contribution in [0.25, 0.3) is 0 Å². The number of aryl methyl sites for hydroxylation is 1. The van der Waals surface area contributed by atoms with Crippen molar-refractivity contribution < 1.29 is 8.78 Å². The minimum Gasteiger partial charge on any atom is -0.356 e. The van der Waals surface area contributed by atoms with E-state index in [4.69, 9.17) is 11.6 Å². The molecule has 0 atom stereocenters. The molecule has 0 aliphatic carbocycles. The minimum absolute atomic E-state index is 0. The number of rotatable bonds is 5. The molecule has 1 aromatic heterocycles. The number of aromatic nitrogens is 1. The number of nitrogens with zero attached hydrogens (tertiary/aromatic N) is 3. The summed E-state index contributed by atoms with van der Waals surface area (Å²) in [5.74, 6) is -0.169. The number of benzene rings is 1. The molecule has 4 nitrogen and oxygen atoms in total. The van der Waals surface area contributed by atoms with E-state index in [2.05, 4.69) is 10.3 Å². The topological polar surface area (TPSA) is 32.6 Å². The highest BCUT2D eigenvalue weighted by Crippen LogP contribution is 2.14. The van der Waals surface area contributed by atoms with Gasteiger partial charge in [0.05, 0.1) is 11.6 Å². The van der Waals surface area contributed by atoms with Gasteiger partial charge < -0.3 is 14.8 Å². The lowest BCUT2D eigenvalue weighted by molar-refractivity contribution is 0.462. The van der Waals surface area contributed by atoms with Gasteiger partial charge in [-0.05, 0) is 36.2 Å². The minimum atomic E-state index is -0.437. The maximum atomic E-state index is 13.6. The Hall–Kier alpha value is -1.35. The zero-order valence-corrected chi connectivity index (χ0v) is 17.5. The lowest BCUT2D eigenvalue weighted by Crippen LogP contribution is -2.39. The second kappa shape index (κ2) is 9.96. The normalized spacial score (nSPS) is 11.2. The molecule has 2 rings (SSSR count). The van der Waals surface area contributed by atoms with E-state index in [-0.39, 0.29) is 24.0 Å². The van der Waals surface area contributed by atoms with E-state index < -0.39 is 11.6 Å². The van der Waals surface area contributed by atoms with Crippen LogP contribution in [-0.2, 0) is 20.0 Å². The molecule has 0 amide bonds. The molecule has 0 fully saturated rings. The first-order valence-corrected chi connectivity index (χ1v) is 7.95. The molecular formula is C17H22ClF2IN4. The fourth-order valence-corrected chi connectivity index (χ4v) is 2.74. The standard InChI is InChI=1S/C17H21ClF2N4.HI/c1-21-17(24(3)11-15-9-13(18)10-23(15)2)22-7-6-12-8-14(19)4-5-16(12)20;/h4-5,8-10H,6-7,11H2,1-3H3,(H,21,22);1H. The Kier molecular flexibility index (Phi) is 8.64. The molecule has 138 valence electrons. The fourth-order valence-electron chi connectivity index (χ4n) is 2.47. The lowest BCUT2D eigenvalue weighted by atomic mass is 10.1. The van der Waals surface area contributed by atoms with E-state index in [1.807, 2.05) is 35.8 Å². The molecule has 1 N–H and O–H groups in total. The Balaban J connectivity index is 0.00000312. The third kappa shape index (κ3) is 6.14. The van der Waals surface area contributed by atoms with Crippen molar-refractivity contribution in [2.75, 3.05) is 20.6 Å². The summed E-state index contributed by atoms with van der Waals surface area (Å²) in [6.45, 7) is 1.07. The molecule has 8 heteroatoms. The number of aliphatic imine (C=N–C) groups is 1. The fraction of sp³-hybridized carbons (Fsp3) is 0.353. The van der Waals surface area contributed by atoms with E-state index in [0.29, 0.717) is 36.1 Å². The Morgan fingerprint density at radius 2 is 2.04 bits per heavy atom. The van der Waals surface area contributed by atoms with Gasteiger partial charge in [-0.2, -0.15) is 0 Å². The van der Waals surface area contributed by atoms with Crippen molar-refractivity contribution in [3.8, 4) is 0 Å². The average Bonchev–Trinajstić information content (AvgIpc) is 2.84. The van der Waals surface area contributed by atoms with E-state index in [9.17, 15) is 8.78 Å². The molecule has 0 bridgehead atoms. The van der Waals surface area contributed by atoms with Gasteiger partial charge in [0, 0.05) is 39.6 Å². The number of hydrogen-bond acceptors (Lipinski definition) is 1. The second-order valence-corrected chi connectivity index (χ2v) is 6.01. The SMILES string of the molecule is CN=C(NCCc1cc(F)ccc1F)N(C)Cc1cc(Cl)cn1C.I. The Morgan fingerprint density at radius 1 is 1.32 bits per heavy atom. The zero-order valence-electron chi connectivity index (χ0n) is 14.4. The number of guanidine groups is 1. The van der Waals surface area contributed by atoms with Crippen molar-refractivity contribution in [1.82, 2.24) is 14.8 Å². The van der Waals surface area contributed by atoms with Gasteiger partial charge in [0.1, 0.15) is 11.6 Å². The number of hydrogen-bond donors (Lipinski definition) is 1. The summed E-state index contributed by atoms with van der Waals surface area (Å²) < 4.78 is 28.7. The molecule has 1 heterocycles. The van der Waals surface area contributed by atoms with Crippen molar-refractivity contribution in [2.24, 2.45) is 12.0 Å². The first-order chi connectivity index (χ1) is 11.4. The smallest absolute Gasteiger partial charge is 0.193 e. The summed E-state index contributed by atoms with van der Waals surface area (Å²) in [5, 5.41) is 3.84. The highest BCUT2D eigenvalue weighted by atomic mass is 127. The Labute approximate surface area is 168 Å². The maximum Gasteiger partial charge on any atom is 0.193 e. The molecule has 0 saturated carbocycles. The van der Waals surface area contributed by atoms with Crippen molar-refractivity contribution in [1.29, 1.82) is 0 Å². The summed E-state index contributed by atoms with van der Waals surface area (Å²) in [6, 6.07) is 5.37. The van der Waals surface area contributed by atoms with Gasteiger partial charge in [-0.3, -0.25) is 4.99 Å². The summed E-state index contributed by atoms with van der Waals surface area (Å²) in [5.41, 5.74) is 1.39. The molecule has 1 aromatic carbocycles. The molecule has 25 heavy (non-hydrogen) atoms. The lowest BCUT2D eigenvalue weighted by Gasteiger charge is -2.22. The van der Waals surface area contributed by atoms with Crippen molar-refractivity contribution in [3.05, 3.63) is 58.4 Å². The van der Waals surface area contributed by atoms with Crippen LogP contribution in [0.4, 0.5) is 8.78 Å². The van der Waals surface area contributed by atoms with E-state index in [1.165, 1.54) is 6.07 Å².